The lowest BCUT2D eigenvalue weighted by molar-refractivity contribution is -0.132. The van der Waals surface area contributed by atoms with Crippen LogP contribution in [-0.2, 0) is 4.79 Å². The monoisotopic (exact) mass is 378 g/mol. The maximum absolute atomic E-state index is 12.3. The molecule has 1 aliphatic heterocycles. The Kier molecular flexibility index (Phi) is 6.48. The van der Waals surface area contributed by atoms with Gasteiger partial charge in [0.2, 0.25) is 0 Å². The van der Waals surface area contributed by atoms with E-state index in [1.165, 1.54) is 0 Å². The van der Waals surface area contributed by atoms with Crippen molar-refractivity contribution in [3.63, 3.8) is 0 Å². The van der Waals surface area contributed by atoms with Crippen LogP contribution in [0.3, 0.4) is 0 Å². The summed E-state index contributed by atoms with van der Waals surface area (Å²) >= 11 is 0. The van der Waals surface area contributed by atoms with E-state index in [1.807, 2.05) is 48.2 Å². The summed E-state index contributed by atoms with van der Waals surface area (Å²) in [5.74, 6) is 0.532. The van der Waals surface area contributed by atoms with E-state index in [9.17, 15) is 9.59 Å². The van der Waals surface area contributed by atoms with Crippen LogP contribution >= 0.6 is 0 Å². The largest absolute Gasteiger partial charge is 0.484 e. The molecule has 0 radical (unpaired) electrons. The molecule has 0 saturated carbocycles. The smallest absolute Gasteiger partial charge is 0.260 e. The molecule has 1 heterocycles. The molecule has 5 heteroatoms. The van der Waals surface area contributed by atoms with Gasteiger partial charge in [0, 0.05) is 38.4 Å². The number of ether oxygens (including phenoxy) is 1. The van der Waals surface area contributed by atoms with Gasteiger partial charge in [-0.05, 0) is 60.9 Å². The Morgan fingerprint density at radius 2 is 1.64 bits per heavy atom. The number of amides is 1. The summed E-state index contributed by atoms with van der Waals surface area (Å²) in [6, 6.07) is 14.9. The highest BCUT2D eigenvalue weighted by molar-refractivity contribution is 6.06. The highest BCUT2D eigenvalue weighted by atomic mass is 16.5. The van der Waals surface area contributed by atoms with Crippen LogP contribution in [0, 0.1) is 0 Å². The van der Waals surface area contributed by atoms with Gasteiger partial charge >= 0.3 is 0 Å². The first kappa shape index (κ1) is 19.7. The number of carbonyl (C=O) groups excluding carboxylic acids is 2. The zero-order valence-electron chi connectivity index (χ0n) is 16.4. The van der Waals surface area contributed by atoms with Crippen LogP contribution in [0.25, 0.3) is 6.08 Å². The third kappa shape index (κ3) is 5.22. The van der Waals surface area contributed by atoms with Crippen molar-refractivity contribution in [1.82, 2.24) is 4.90 Å². The molecule has 1 amide bonds. The Labute approximate surface area is 166 Å². The van der Waals surface area contributed by atoms with Gasteiger partial charge in [-0.25, -0.2) is 0 Å². The first-order valence-corrected chi connectivity index (χ1v) is 9.53. The van der Waals surface area contributed by atoms with Gasteiger partial charge in [-0.2, -0.15) is 0 Å². The molecule has 1 aliphatic rings. The molecule has 0 aliphatic carbocycles. The average Bonchev–Trinajstić information content (AvgIpc) is 3.26. The normalized spacial score (nSPS) is 13.7. The van der Waals surface area contributed by atoms with Gasteiger partial charge in [0.25, 0.3) is 5.91 Å². The number of nitrogens with zero attached hydrogens (tertiary/aromatic N) is 2. The number of hydrogen-bond donors (Lipinski definition) is 0. The fraction of sp³-hybridized carbons (Fsp3) is 0.304. The number of hydrogen-bond acceptors (Lipinski definition) is 4. The Balaban J connectivity index is 1.53. The molecule has 146 valence electrons. The Hall–Kier alpha value is -3.08. The van der Waals surface area contributed by atoms with Crippen LogP contribution in [0.2, 0.25) is 0 Å². The fourth-order valence-electron chi connectivity index (χ4n) is 3.07. The van der Waals surface area contributed by atoms with Gasteiger partial charge in [0.1, 0.15) is 5.75 Å². The minimum absolute atomic E-state index is 0.0147. The lowest BCUT2D eigenvalue weighted by Crippen LogP contribution is -2.32. The van der Waals surface area contributed by atoms with Crippen molar-refractivity contribution in [2.75, 3.05) is 38.7 Å². The number of ketones is 1. The molecule has 1 fully saturated rings. The van der Waals surface area contributed by atoms with Gasteiger partial charge in [0.15, 0.2) is 12.4 Å². The van der Waals surface area contributed by atoms with Gasteiger partial charge in [-0.3, -0.25) is 9.59 Å². The molecule has 0 aromatic heterocycles. The molecule has 0 unspecified atom stereocenters. The lowest BCUT2D eigenvalue weighted by Gasteiger charge is -2.15. The second-order valence-corrected chi connectivity index (χ2v) is 7.08. The molecule has 0 bridgehead atoms. The zero-order chi connectivity index (χ0) is 19.9. The maximum Gasteiger partial charge on any atom is 0.260 e. The molecule has 0 N–H and O–H groups in total. The standard InChI is InChI=1S/C23H26N2O3/c1-24(2)20-10-5-18(6-11-20)7-14-22(26)19-8-12-21(13-9-19)28-17-23(27)25-15-3-4-16-25/h5-14H,3-4,15-17H2,1-2H3/b14-7+. The molecule has 5 nitrogen and oxygen atoms in total. The van der Waals surface area contributed by atoms with E-state index in [1.54, 1.807) is 36.4 Å². The van der Waals surface area contributed by atoms with Crippen LogP contribution < -0.4 is 9.64 Å². The molecule has 1 saturated heterocycles. The van der Waals surface area contributed by atoms with Crippen molar-refractivity contribution in [2.45, 2.75) is 12.8 Å². The predicted octanol–water partition coefficient (Wildman–Crippen LogP) is 3.65. The molecule has 28 heavy (non-hydrogen) atoms. The summed E-state index contributed by atoms with van der Waals surface area (Å²) in [5, 5.41) is 0. The Bertz CT molecular complexity index is 833. The van der Waals surface area contributed by atoms with Crippen molar-refractivity contribution < 1.29 is 14.3 Å². The highest BCUT2D eigenvalue weighted by Gasteiger charge is 2.18. The van der Waals surface area contributed by atoms with Gasteiger partial charge in [-0.1, -0.05) is 18.2 Å². The van der Waals surface area contributed by atoms with Crippen LogP contribution in [0.1, 0.15) is 28.8 Å². The van der Waals surface area contributed by atoms with Crippen LogP contribution in [0.5, 0.6) is 5.75 Å². The molecular formula is C23H26N2O3. The average molecular weight is 378 g/mol. The third-order valence-corrected chi connectivity index (χ3v) is 4.80. The quantitative estimate of drug-likeness (QED) is 0.545. The van der Waals surface area contributed by atoms with E-state index < -0.39 is 0 Å². The van der Waals surface area contributed by atoms with Crippen molar-refractivity contribution >= 4 is 23.5 Å². The molecule has 3 rings (SSSR count). The number of likely N-dealkylation sites (tertiary alicyclic amines) is 1. The van der Waals surface area contributed by atoms with Gasteiger partial charge < -0.3 is 14.5 Å². The third-order valence-electron chi connectivity index (χ3n) is 4.80. The second kappa shape index (κ2) is 9.22. The maximum atomic E-state index is 12.3. The number of carbonyl (C=O) groups is 2. The number of rotatable bonds is 7. The Morgan fingerprint density at radius 1 is 1.00 bits per heavy atom. The SMILES string of the molecule is CN(C)c1ccc(/C=C/C(=O)c2ccc(OCC(=O)N3CCCC3)cc2)cc1. The molecule has 2 aromatic rings. The molecule has 2 aromatic carbocycles. The van der Waals surface area contributed by atoms with Crippen molar-refractivity contribution in [1.29, 1.82) is 0 Å². The minimum atomic E-state index is -0.0728. The zero-order valence-corrected chi connectivity index (χ0v) is 16.4. The summed E-state index contributed by atoms with van der Waals surface area (Å²) in [6.07, 6.45) is 5.50. The van der Waals surface area contributed by atoms with Crippen LogP contribution in [0.4, 0.5) is 5.69 Å². The number of benzene rings is 2. The van der Waals surface area contributed by atoms with Gasteiger partial charge in [-0.15, -0.1) is 0 Å². The van der Waals surface area contributed by atoms with Crippen molar-refractivity contribution in [2.24, 2.45) is 0 Å². The summed E-state index contributed by atoms with van der Waals surface area (Å²) in [4.78, 5) is 28.2. The fourth-order valence-corrected chi connectivity index (χ4v) is 3.07. The minimum Gasteiger partial charge on any atom is -0.484 e. The summed E-state index contributed by atoms with van der Waals surface area (Å²) in [7, 11) is 3.98. The summed E-state index contributed by atoms with van der Waals surface area (Å²) in [6.45, 7) is 1.68. The van der Waals surface area contributed by atoms with Crippen molar-refractivity contribution in [3.8, 4) is 5.75 Å². The number of anilines is 1. The molecular weight excluding hydrogens is 352 g/mol. The first-order chi connectivity index (χ1) is 13.5. The molecule has 0 atom stereocenters. The second-order valence-electron chi connectivity index (χ2n) is 7.08. The van der Waals surface area contributed by atoms with E-state index in [-0.39, 0.29) is 18.3 Å². The topological polar surface area (TPSA) is 49.9 Å². The summed E-state index contributed by atoms with van der Waals surface area (Å²) < 4.78 is 5.55. The molecule has 0 spiro atoms. The van der Waals surface area contributed by atoms with E-state index in [4.69, 9.17) is 4.74 Å². The highest BCUT2D eigenvalue weighted by Crippen LogP contribution is 2.16. The van der Waals surface area contributed by atoms with Crippen molar-refractivity contribution in [3.05, 3.63) is 65.7 Å². The summed E-state index contributed by atoms with van der Waals surface area (Å²) in [5.41, 5.74) is 2.67. The van der Waals surface area contributed by atoms with Crippen LogP contribution in [0.15, 0.2) is 54.6 Å². The number of allylic oxidation sites excluding steroid dienone is 1. The van der Waals surface area contributed by atoms with E-state index in [0.717, 1.165) is 37.2 Å². The van der Waals surface area contributed by atoms with E-state index >= 15 is 0 Å². The van der Waals surface area contributed by atoms with Crippen LogP contribution in [-0.4, -0.2) is 50.4 Å². The Morgan fingerprint density at radius 3 is 2.25 bits per heavy atom. The van der Waals surface area contributed by atoms with E-state index in [0.29, 0.717) is 11.3 Å². The van der Waals surface area contributed by atoms with E-state index in [2.05, 4.69) is 0 Å². The predicted molar refractivity (Wildman–Crippen MR) is 112 cm³/mol. The first-order valence-electron chi connectivity index (χ1n) is 9.53. The lowest BCUT2D eigenvalue weighted by atomic mass is 10.1. The van der Waals surface area contributed by atoms with Gasteiger partial charge in [0.05, 0.1) is 0 Å².